The molecule has 0 spiro atoms. The van der Waals surface area contributed by atoms with Crippen molar-refractivity contribution < 1.29 is 17.7 Å². The van der Waals surface area contributed by atoms with Crippen LogP contribution < -0.4 is 9.46 Å². The number of hydrogen-bond donors (Lipinski definition) is 1. The molecular weight excluding hydrogens is 316 g/mol. The minimum atomic E-state index is -3.68. The zero-order chi connectivity index (χ0) is 17.2. The average Bonchev–Trinajstić information content (AvgIpc) is 2.79. The number of sulfonamides is 1. The Morgan fingerprint density at radius 3 is 2.48 bits per heavy atom. The molecule has 1 heterocycles. The fourth-order valence-corrected chi connectivity index (χ4v) is 3.80. The van der Waals surface area contributed by atoms with E-state index in [1.54, 1.807) is 20.8 Å². The lowest BCUT2D eigenvalue weighted by atomic mass is 10.1. The Bertz CT molecular complexity index is 777. The summed E-state index contributed by atoms with van der Waals surface area (Å²) in [6, 6.07) is 5.39. The van der Waals surface area contributed by atoms with Crippen LogP contribution in [0.25, 0.3) is 0 Å². The predicted octanol–water partition coefficient (Wildman–Crippen LogP) is 2.65. The summed E-state index contributed by atoms with van der Waals surface area (Å²) in [4.78, 5) is 0.0931. The van der Waals surface area contributed by atoms with Crippen molar-refractivity contribution in [3.05, 3.63) is 40.8 Å². The molecule has 1 N–H and O–H groups in total. The number of rotatable bonds is 6. The minimum absolute atomic E-state index is 0.0931. The molecule has 0 saturated heterocycles. The minimum Gasteiger partial charge on any atom is -0.492 e. The van der Waals surface area contributed by atoms with Gasteiger partial charge in [-0.2, -0.15) is 0 Å². The SMILES string of the molecule is Cc1ccc(OCC(C)NS(=O)(=O)c2c(C)noc2C)cc1C. The first-order chi connectivity index (χ1) is 10.7. The Morgan fingerprint density at radius 1 is 1.22 bits per heavy atom. The first-order valence-corrected chi connectivity index (χ1v) is 8.84. The Morgan fingerprint density at radius 2 is 1.91 bits per heavy atom. The molecule has 2 rings (SSSR count). The van der Waals surface area contributed by atoms with E-state index in [0.717, 1.165) is 11.3 Å². The molecule has 0 bridgehead atoms. The van der Waals surface area contributed by atoms with Gasteiger partial charge in [0.25, 0.3) is 0 Å². The molecule has 126 valence electrons. The van der Waals surface area contributed by atoms with E-state index in [1.807, 2.05) is 32.0 Å². The lowest BCUT2D eigenvalue weighted by Gasteiger charge is -2.15. The van der Waals surface area contributed by atoms with E-state index in [1.165, 1.54) is 5.56 Å². The highest BCUT2D eigenvalue weighted by molar-refractivity contribution is 7.89. The zero-order valence-electron chi connectivity index (χ0n) is 14.0. The number of aromatic nitrogens is 1. The van der Waals surface area contributed by atoms with Gasteiger partial charge in [0.15, 0.2) is 5.76 Å². The summed E-state index contributed by atoms with van der Waals surface area (Å²) in [6.45, 7) is 9.18. The normalized spacial score (nSPS) is 13.1. The van der Waals surface area contributed by atoms with Crippen molar-refractivity contribution in [3.63, 3.8) is 0 Å². The first-order valence-electron chi connectivity index (χ1n) is 7.36. The van der Waals surface area contributed by atoms with Crippen LogP contribution in [0.1, 0.15) is 29.5 Å². The van der Waals surface area contributed by atoms with E-state index in [2.05, 4.69) is 9.88 Å². The molecule has 0 saturated carbocycles. The van der Waals surface area contributed by atoms with E-state index in [9.17, 15) is 8.42 Å². The molecule has 1 atom stereocenters. The van der Waals surface area contributed by atoms with E-state index < -0.39 is 16.1 Å². The van der Waals surface area contributed by atoms with Crippen LogP contribution in [0.15, 0.2) is 27.6 Å². The predicted molar refractivity (Wildman–Crippen MR) is 87.2 cm³/mol. The number of aryl methyl sites for hydroxylation is 4. The van der Waals surface area contributed by atoms with Crippen molar-refractivity contribution in [2.45, 2.75) is 45.6 Å². The summed E-state index contributed by atoms with van der Waals surface area (Å²) in [5, 5.41) is 3.68. The van der Waals surface area contributed by atoms with Crippen molar-refractivity contribution in [2.75, 3.05) is 6.61 Å². The van der Waals surface area contributed by atoms with Crippen LogP contribution in [-0.2, 0) is 10.0 Å². The van der Waals surface area contributed by atoms with Crippen molar-refractivity contribution in [1.29, 1.82) is 0 Å². The maximum Gasteiger partial charge on any atom is 0.246 e. The maximum absolute atomic E-state index is 12.4. The molecule has 7 heteroatoms. The highest BCUT2D eigenvalue weighted by Crippen LogP contribution is 2.19. The third kappa shape index (κ3) is 4.11. The number of benzene rings is 1. The van der Waals surface area contributed by atoms with Gasteiger partial charge in [0, 0.05) is 0 Å². The molecular formula is C16H22N2O4S. The summed E-state index contributed by atoms with van der Waals surface area (Å²) in [7, 11) is -3.68. The van der Waals surface area contributed by atoms with Gasteiger partial charge in [-0.25, -0.2) is 13.1 Å². The second-order valence-corrected chi connectivity index (χ2v) is 7.38. The molecule has 0 fully saturated rings. The first kappa shape index (κ1) is 17.5. The Balaban J connectivity index is 2.01. The van der Waals surface area contributed by atoms with Crippen LogP contribution in [0.2, 0.25) is 0 Å². The zero-order valence-corrected chi connectivity index (χ0v) is 14.8. The van der Waals surface area contributed by atoms with Crippen molar-refractivity contribution in [3.8, 4) is 5.75 Å². The summed E-state index contributed by atoms with van der Waals surface area (Å²) in [5.41, 5.74) is 2.66. The van der Waals surface area contributed by atoms with Gasteiger partial charge in [-0.3, -0.25) is 0 Å². The van der Waals surface area contributed by atoms with Crippen molar-refractivity contribution >= 4 is 10.0 Å². The third-order valence-electron chi connectivity index (χ3n) is 3.57. The standard InChI is InChI=1S/C16H22N2O4S/c1-10-6-7-15(8-11(10)2)21-9-12(3)18-23(19,20)16-13(4)17-22-14(16)5/h6-8,12,18H,9H2,1-5H3. The van der Waals surface area contributed by atoms with E-state index in [-0.39, 0.29) is 17.3 Å². The Kier molecular flexibility index (Phi) is 5.11. The molecule has 23 heavy (non-hydrogen) atoms. The Labute approximate surface area is 136 Å². The number of nitrogens with one attached hydrogen (secondary N) is 1. The summed E-state index contributed by atoms with van der Waals surface area (Å²) < 4.78 is 37.9. The average molecular weight is 338 g/mol. The molecule has 2 aromatic rings. The molecule has 0 amide bonds. The summed E-state index contributed by atoms with van der Waals surface area (Å²) >= 11 is 0. The second-order valence-electron chi connectivity index (χ2n) is 5.73. The van der Waals surface area contributed by atoms with E-state index in [4.69, 9.17) is 9.26 Å². The van der Waals surface area contributed by atoms with Crippen LogP contribution in [0.3, 0.4) is 0 Å². The van der Waals surface area contributed by atoms with Gasteiger partial charge in [0.1, 0.15) is 22.9 Å². The van der Waals surface area contributed by atoms with Gasteiger partial charge < -0.3 is 9.26 Å². The molecule has 0 aliphatic rings. The molecule has 6 nitrogen and oxygen atoms in total. The quantitative estimate of drug-likeness (QED) is 0.876. The van der Waals surface area contributed by atoms with Gasteiger partial charge in [-0.1, -0.05) is 11.2 Å². The van der Waals surface area contributed by atoms with Crippen molar-refractivity contribution in [2.24, 2.45) is 0 Å². The van der Waals surface area contributed by atoms with Gasteiger partial charge in [-0.15, -0.1) is 0 Å². The number of hydrogen-bond acceptors (Lipinski definition) is 5. The van der Waals surface area contributed by atoms with Gasteiger partial charge >= 0.3 is 0 Å². The third-order valence-corrected chi connectivity index (χ3v) is 5.40. The van der Waals surface area contributed by atoms with Crippen LogP contribution in [0, 0.1) is 27.7 Å². The monoisotopic (exact) mass is 338 g/mol. The van der Waals surface area contributed by atoms with E-state index >= 15 is 0 Å². The van der Waals surface area contributed by atoms with Crippen molar-refractivity contribution in [1.82, 2.24) is 9.88 Å². The van der Waals surface area contributed by atoms with Crippen LogP contribution in [0.4, 0.5) is 0 Å². The number of ether oxygens (including phenoxy) is 1. The molecule has 0 aliphatic heterocycles. The molecule has 0 radical (unpaired) electrons. The maximum atomic E-state index is 12.4. The van der Waals surface area contributed by atoms with Crippen LogP contribution in [-0.4, -0.2) is 26.2 Å². The fraction of sp³-hybridized carbons (Fsp3) is 0.438. The van der Waals surface area contributed by atoms with Gasteiger partial charge in [-0.05, 0) is 57.9 Å². The Hall–Kier alpha value is -1.86. The lowest BCUT2D eigenvalue weighted by Crippen LogP contribution is -2.37. The molecule has 1 aromatic heterocycles. The number of nitrogens with zero attached hydrogens (tertiary/aromatic N) is 1. The topological polar surface area (TPSA) is 81.4 Å². The van der Waals surface area contributed by atoms with Crippen LogP contribution in [0.5, 0.6) is 5.75 Å². The second kappa shape index (κ2) is 6.72. The lowest BCUT2D eigenvalue weighted by molar-refractivity contribution is 0.287. The fourth-order valence-electron chi connectivity index (χ4n) is 2.24. The highest BCUT2D eigenvalue weighted by atomic mass is 32.2. The molecule has 0 aliphatic carbocycles. The highest BCUT2D eigenvalue weighted by Gasteiger charge is 2.25. The summed E-state index contributed by atoms with van der Waals surface area (Å²) in [6.07, 6.45) is 0. The molecule has 1 unspecified atom stereocenters. The largest absolute Gasteiger partial charge is 0.492 e. The van der Waals surface area contributed by atoms with Crippen LogP contribution >= 0.6 is 0 Å². The van der Waals surface area contributed by atoms with Gasteiger partial charge in [0.2, 0.25) is 10.0 Å². The summed E-state index contributed by atoms with van der Waals surface area (Å²) in [5.74, 6) is 0.994. The van der Waals surface area contributed by atoms with Gasteiger partial charge in [0.05, 0.1) is 6.04 Å². The van der Waals surface area contributed by atoms with E-state index in [0.29, 0.717) is 5.69 Å². The molecule has 1 aromatic carbocycles. The smallest absolute Gasteiger partial charge is 0.246 e.